The van der Waals surface area contributed by atoms with Crippen LogP contribution >= 0.6 is 0 Å². The van der Waals surface area contributed by atoms with Gasteiger partial charge in [-0.15, -0.1) is 0 Å². The minimum absolute atomic E-state index is 0.0242. The average molecular weight is 444 g/mol. The number of likely N-dealkylation sites (tertiary alicyclic amines) is 1. The van der Waals surface area contributed by atoms with Crippen molar-refractivity contribution in [1.82, 2.24) is 14.8 Å². The van der Waals surface area contributed by atoms with Gasteiger partial charge in [0.25, 0.3) is 0 Å². The molecule has 0 spiro atoms. The number of carbonyl (C=O) groups excluding carboxylic acids is 1. The van der Waals surface area contributed by atoms with Crippen LogP contribution in [0.3, 0.4) is 0 Å². The van der Waals surface area contributed by atoms with Crippen LogP contribution in [0.25, 0.3) is 10.9 Å². The Hall–Kier alpha value is -2.80. The van der Waals surface area contributed by atoms with Gasteiger partial charge in [-0.25, -0.2) is 0 Å². The quantitative estimate of drug-likeness (QED) is 0.607. The van der Waals surface area contributed by atoms with Crippen molar-refractivity contribution in [3.8, 4) is 0 Å². The molecule has 32 heavy (non-hydrogen) atoms. The zero-order valence-corrected chi connectivity index (χ0v) is 18.3. The van der Waals surface area contributed by atoms with Gasteiger partial charge in [0.1, 0.15) is 0 Å². The van der Waals surface area contributed by atoms with Gasteiger partial charge in [0.15, 0.2) is 0 Å². The lowest BCUT2D eigenvalue weighted by atomic mass is 9.84. The molecule has 0 aliphatic carbocycles. The number of nitrogens with zero attached hydrogens (tertiary/aromatic N) is 2. The number of benzene rings is 2. The van der Waals surface area contributed by atoms with Crippen LogP contribution < -0.4 is 5.32 Å². The number of rotatable bonds is 5. The van der Waals surface area contributed by atoms with E-state index in [9.17, 15) is 18.0 Å². The van der Waals surface area contributed by atoms with Crippen LogP contribution in [0.1, 0.15) is 35.6 Å². The smallest absolute Gasteiger partial charge is 0.355 e. The molecule has 1 aliphatic heterocycles. The van der Waals surface area contributed by atoms with E-state index in [1.54, 1.807) is 12.1 Å². The van der Waals surface area contributed by atoms with Crippen LogP contribution in [-0.4, -0.2) is 35.5 Å². The fourth-order valence-corrected chi connectivity index (χ4v) is 4.92. The predicted molar refractivity (Wildman–Crippen MR) is 119 cm³/mol. The van der Waals surface area contributed by atoms with Crippen LogP contribution in [0, 0.1) is 5.92 Å². The van der Waals surface area contributed by atoms with Gasteiger partial charge in [-0.05, 0) is 61.7 Å². The number of halogens is 3. The van der Waals surface area contributed by atoms with Crippen LogP contribution in [0.5, 0.6) is 0 Å². The Morgan fingerprint density at radius 1 is 1.09 bits per heavy atom. The Morgan fingerprint density at radius 2 is 1.81 bits per heavy atom. The zero-order chi connectivity index (χ0) is 22.9. The molecule has 0 bridgehead atoms. The van der Waals surface area contributed by atoms with E-state index in [-0.39, 0.29) is 17.9 Å². The molecule has 0 saturated carbocycles. The summed E-state index contributed by atoms with van der Waals surface area (Å²) in [4.78, 5) is 14.9. The summed E-state index contributed by atoms with van der Waals surface area (Å²) in [7, 11) is 3.96. The number of hydrogen-bond acceptors (Lipinski definition) is 2. The number of piperidine rings is 1. The van der Waals surface area contributed by atoms with Gasteiger partial charge in [-0.3, -0.25) is 9.69 Å². The van der Waals surface area contributed by atoms with Gasteiger partial charge in [0, 0.05) is 36.7 Å². The fraction of sp³-hybridized carbons (Fsp3) is 0.400. The number of hydrogen-bond donors (Lipinski definition) is 1. The second kappa shape index (κ2) is 8.98. The third-order valence-corrected chi connectivity index (χ3v) is 6.48. The maximum atomic E-state index is 12.9. The van der Waals surface area contributed by atoms with Crippen molar-refractivity contribution in [2.75, 3.05) is 20.1 Å². The maximum absolute atomic E-state index is 12.9. The first-order valence-corrected chi connectivity index (χ1v) is 10.9. The number of amides is 1. The standard InChI is InChI=1S/C25H28F3N3O/c1-30-13-5-6-18(24(30)17-9-11-20(12-10-17)25(26,27)28)15-29-23(32)14-19-16-31(2)22-8-4-3-7-21(19)22/h3-4,7-12,16,18,24H,5-6,13-15H2,1-2H3,(H,29,32). The average Bonchev–Trinajstić information content (AvgIpc) is 3.07. The summed E-state index contributed by atoms with van der Waals surface area (Å²) < 4.78 is 40.9. The third kappa shape index (κ3) is 4.67. The highest BCUT2D eigenvalue weighted by Gasteiger charge is 2.33. The number of para-hydroxylation sites is 1. The van der Waals surface area contributed by atoms with Crippen LogP contribution in [-0.2, 0) is 24.4 Å². The molecule has 1 aromatic heterocycles. The van der Waals surface area contributed by atoms with E-state index in [1.807, 2.05) is 49.1 Å². The van der Waals surface area contributed by atoms with Crippen molar-refractivity contribution < 1.29 is 18.0 Å². The summed E-state index contributed by atoms with van der Waals surface area (Å²) in [5.41, 5.74) is 2.29. The highest BCUT2D eigenvalue weighted by Crippen LogP contribution is 2.36. The first-order chi connectivity index (χ1) is 15.2. The lowest BCUT2D eigenvalue weighted by molar-refractivity contribution is -0.137. The number of nitrogens with one attached hydrogen (secondary N) is 1. The molecule has 4 nitrogen and oxygen atoms in total. The number of alkyl halides is 3. The van der Waals surface area contributed by atoms with Gasteiger partial charge in [-0.1, -0.05) is 30.3 Å². The summed E-state index contributed by atoms with van der Waals surface area (Å²) in [6, 6.07) is 13.4. The molecule has 1 saturated heterocycles. The molecule has 7 heteroatoms. The highest BCUT2D eigenvalue weighted by molar-refractivity contribution is 5.89. The SMILES string of the molecule is CN1CCCC(CNC(=O)Cc2cn(C)c3ccccc23)C1c1ccc(C(F)(F)F)cc1. The van der Waals surface area contributed by atoms with Crippen LogP contribution in [0.2, 0.25) is 0 Å². The lowest BCUT2D eigenvalue weighted by Gasteiger charge is -2.39. The van der Waals surface area contributed by atoms with E-state index in [0.29, 0.717) is 13.0 Å². The monoisotopic (exact) mass is 443 g/mol. The summed E-state index contributed by atoms with van der Waals surface area (Å²) in [5, 5.41) is 4.15. The van der Waals surface area contributed by atoms with Gasteiger partial charge >= 0.3 is 6.18 Å². The van der Waals surface area contributed by atoms with Crippen molar-refractivity contribution in [1.29, 1.82) is 0 Å². The van der Waals surface area contributed by atoms with Crippen molar-refractivity contribution in [3.63, 3.8) is 0 Å². The highest BCUT2D eigenvalue weighted by atomic mass is 19.4. The van der Waals surface area contributed by atoms with Crippen molar-refractivity contribution in [3.05, 3.63) is 71.4 Å². The lowest BCUT2D eigenvalue weighted by Crippen LogP contribution is -2.42. The van der Waals surface area contributed by atoms with E-state index in [4.69, 9.17) is 0 Å². The summed E-state index contributed by atoms with van der Waals surface area (Å²) in [6.07, 6.45) is -0.132. The van der Waals surface area contributed by atoms with Gasteiger partial charge in [0.05, 0.1) is 12.0 Å². The molecule has 2 heterocycles. The first kappa shape index (κ1) is 22.4. The Balaban J connectivity index is 1.44. The molecular formula is C25H28F3N3O. The van der Waals surface area contributed by atoms with Crippen molar-refractivity contribution in [2.45, 2.75) is 31.5 Å². The number of aryl methyl sites for hydroxylation is 1. The molecular weight excluding hydrogens is 415 g/mol. The Labute approximate surface area is 186 Å². The number of carbonyl (C=O) groups is 1. The largest absolute Gasteiger partial charge is 0.416 e. The number of aromatic nitrogens is 1. The molecule has 3 aromatic rings. The van der Waals surface area contributed by atoms with E-state index in [0.717, 1.165) is 53.5 Å². The summed E-state index contributed by atoms with van der Waals surface area (Å²) in [5.74, 6) is 0.0997. The Kier molecular flexibility index (Phi) is 6.29. The minimum atomic E-state index is -4.34. The molecule has 1 N–H and O–H groups in total. The topological polar surface area (TPSA) is 37.3 Å². The number of fused-ring (bicyclic) bond motifs is 1. The second-order valence-corrected chi connectivity index (χ2v) is 8.71. The molecule has 2 aromatic carbocycles. The van der Waals surface area contributed by atoms with Crippen molar-refractivity contribution >= 4 is 16.8 Å². The molecule has 1 amide bonds. The normalized spacial score (nSPS) is 19.9. The summed E-state index contributed by atoms with van der Waals surface area (Å²) in [6.45, 7) is 1.38. The Bertz CT molecular complexity index is 1090. The predicted octanol–water partition coefficient (Wildman–Crippen LogP) is 4.94. The molecule has 1 aliphatic rings. The van der Waals surface area contributed by atoms with Crippen LogP contribution in [0.4, 0.5) is 13.2 Å². The zero-order valence-electron chi connectivity index (χ0n) is 18.3. The van der Waals surface area contributed by atoms with Gasteiger partial charge in [-0.2, -0.15) is 13.2 Å². The summed E-state index contributed by atoms with van der Waals surface area (Å²) >= 11 is 0. The van der Waals surface area contributed by atoms with E-state index < -0.39 is 11.7 Å². The van der Waals surface area contributed by atoms with Crippen LogP contribution in [0.15, 0.2) is 54.7 Å². The van der Waals surface area contributed by atoms with E-state index in [2.05, 4.69) is 10.2 Å². The molecule has 170 valence electrons. The first-order valence-electron chi connectivity index (χ1n) is 10.9. The molecule has 2 unspecified atom stereocenters. The molecule has 4 rings (SSSR count). The fourth-order valence-electron chi connectivity index (χ4n) is 4.92. The van der Waals surface area contributed by atoms with E-state index in [1.165, 1.54) is 0 Å². The minimum Gasteiger partial charge on any atom is -0.355 e. The van der Waals surface area contributed by atoms with Gasteiger partial charge in [0.2, 0.25) is 5.91 Å². The van der Waals surface area contributed by atoms with E-state index >= 15 is 0 Å². The van der Waals surface area contributed by atoms with Gasteiger partial charge < -0.3 is 9.88 Å². The maximum Gasteiger partial charge on any atom is 0.416 e. The molecule has 1 fully saturated rings. The molecule has 2 atom stereocenters. The second-order valence-electron chi connectivity index (χ2n) is 8.71. The van der Waals surface area contributed by atoms with Crippen molar-refractivity contribution in [2.24, 2.45) is 13.0 Å². The molecule has 0 radical (unpaired) electrons. The Morgan fingerprint density at radius 3 is 2.53 bits per heavy atom. The third-order valence-electron chi connectivity index (χ3n) is 6.48.